The third-order valence-corrected chi connectivity index (χ3v) is 5.01. The number of halogens is 1. The van der Waals surface area contributed by atoms with Gasteiger partial charge in [-0.1, -0.05) is 74.2 Å². The lowest BCUT2D eigenvalue weighted by Crippen LogP contribution is -1.93. The predicted octanol–water partition coefficient (Wildman–Crippen LogP) is 9.25. The fourth-order valence-electron chi connectivity index (χ4n) is 2.70. The number of allylic oxidation sites excluding steroid dienone is 10. The maximum absolute atomic E-state index is 3.81. The lowest BCUT2D eigenvalue weighted by atomic mass is 10.0. The molecule has 0 aliphatic heterocycles. The Morgan fingerprint density at radius 2 is 1.04 bits per heavy atom. The predicted molar refractivity (Wildman–Crippen MR) is 125 cm³/mol. The smallest absolute Gasteiger partial charge is 0.0362 e. The lowest BCUT2D eigenvalue weighted by Gasteiger charge is -2.06. The molecule has 0 fully saturated rings. The summed E-state index contributed by atoms with van der Waals surface area (Å²) in [5, 5.41) is 0. The van der Waals surface area contributed by atoms with Gasteiger partial charge in [-0.05, 0) is 93.4 Å². The van der Waals surface area contributed by atoms with Crippen molar-refractivity contribution >= 4 is 15.9 Å². The van der Waals surface area contributed by atoms with Crippen LogP contribution in [0, 0.1) is 0 Å². The van der Waals surface area contributed by atoms with Gasteiger partial charge in [0.1, 0.15) is 0 Å². The number of rotatable bonds is 12. The molecule has 1 heteroatoms. The van der Waals surface area contributed by atoms with Crippen LogP contribution in [0.5, 0.6) is 0 Å². The van der Waals surface area contributed by atoms with Gasteiger partial charge in [-0.25, -0.2) is 0 Å². The van der Waals surface area contributed by atoms with E-state index in [1.165, 1.54) is 47.1 Å². The Kier molecular flexibility index (Phi) is 14.8. The van der Waals surface area contributed by atoms with E-state index in [-0.39, 0.29) is 0 Å². The normalized spacial score (nSPS) is 14.2. The summed E-state index contributed by atoms with van der Waals surface area (Å²) in [6.45, 7) is 15.4. The van der Waals surface area contributed by atoms with Gasteiger partial charge in [0.25, 0.3) is 0 Å². The van der Waals surface area contributed by atoms with Gasteiger partial charge in [-0.15, -0.1) is 0 Å². The van der Waals surface area contributed by atoms with Gasteiger partial charge in [0, 0.05) is 4.83 Å². The third kappa shape index (κ3) is 16.6. The summed E-state index contributed by atoms with van der Waals surface area (Å²) in [4.78, 5) is 0.450. The summed E-state index contributed by atoms with van der Waals surface area (Å²) in [6, 6.07) is 0. The van der Waals surface area contributed by atoms with Crippen LogP contribution >= 0.6 is 15.9 Å². The highest BCUT2D eigenvalue weighted by molar-refractivity contribution is 9.09. The van der Waals surface area contributed by atoms with Gasteiger partial charge in [0.05, 0.1) is 0 Å². The molecule has 0 nitrogen and oxygen atoms in total. The first-order valence-corrected chi connectivity index (χ1v) is 11.0. The van der Waals surface area contributed by atoms with Crippen LogP contribution in [0.2, 0.25) is 0 Å². The van der Waals surface area contributed by atoms with E-state index in [2.05, 4.69) is 94.8 Å². The van der Waals surface area contributed by atoms with Gasteiger partial charge in [-0.2, -0.15) is 0 Å². The Labute approximate surface area is 172 Å². The molecule has 0 heterocycles. The number of alkyl halides is 1. The molecule has 148 valence electrons. The molecule has 0 saturated carbocycles. The van der Waals surface area contributed by atoms with E-state index in [1.54, 1.807) is 0 Å². The first-order chi connectivity index (χ1) is 12.2. The highest BCUT2D eigenvalue weighted by Gasteiger charge is 2.00. The summed E-state index contributed by atoms with van der Waals surface area (Å²) < 4.78 is 0. The summed E-state index contributed by atoms with van der Waals surface area (Å²) in [7, 11) is 0. The van der Waals surface area contributed by atoms with E-state index in [9.17, 15) is 0 Å². The summed E-state index contributed by atoms with van der Waals surface area (Å²) in [5.41, 5.74) is 7.32. The Morgan fingerprint density at radius 1 is 0.615 bits per heavy atom. The van der Waals surface area contributed by atoms with E-state index in [0.717, 1.165) is 25.7 Å². The van der Waals surface area contributed by atoms with Gasteiger partial charge < -0.3 is 0 Å². The van der Waals surface area contributed by atoms with Crippen LogP contribution in [-0.2, 0) is 0 Å². The van der Waals surface area contributed by atoms with E-state index in [0.29, 0.717) is 4.83 Å². The van der Waals surface area contributed by atoms with E-state index >= 15 is 0 Å². The maximum Gasteiger partial charge on any atom is 0.0362 e. The minimum atomic E-state index is 0.450. The molecule has 0 aromatic carbocycles. The van der Waals surface area contributed by atoms with Crippen LogP contribution in [0.3, 0.4) is 0 Å². The Bertz CT molecular complexity index is 533. The summed E-state index contributed by atoms with van der Waals surface area (Å²) in [6.07, 6.45) is 19.9. The zero-order valence-electron chi connectivity index (χ0n) is 18.3. The van der Waals surface area contributed by atoms with Gasteiger partial charge in [-0.3, -0.25) is 0 Å². The quantitative estimate of drug-likeness (QED) is 0.218. The number of hydrogen-bond acceptors (Lipinski definition) is 0. The van der Waals surface area contributed by atoms with Crippen molar-refractivity contribution in [1.29, 1.82) is 0 Å². The second-order valence-corrected chi connectivity index (χ2v) is 9.22. The van der Waals surface area contributed by atoms with Gasteiger partial charge in [0.2, 0.25) is 0 Å². The molecule has 0 saturated heterocycles. The fraction of sp³-hybridized carbons (Fsp3) is 0.600. The van der Waals surface area contributed by atoms with E-state index in [1.807, 2.05) is 0 Å². The molecule has 0 radical (unpaired) electrons. The van der Waals surface area contributed by atoms with Crippen LogP contribution in [0.1, 0.15) is 93.4 Å². The van der Waals surface area contributed by atoms with Crippen LogP contribution in [0.15, 0.2) is 58.2 Å². The zero-order chi connectivity index (χ0) is 19.9. The first-order valence-electron chi connectivity index (χ1n) is 10.1. The lowest BCUT2D eigenvalue weighted by molar-refractivity contribution is 0.906. The van der Waals surface area contributed by atoms with Crippen molar-refractivity contribution in [3.63, 3.8) is 0 Å². The zero-order valence-corrected chi connectivity index (χ0v) is 19.9. The van der Waals surface area contributed by atoms with Crippen molar-refractivity contribution in [3.8, 4) is 0 Å². The molecule has 0 bridgehead atoms. The molecule has 0 spiro atoms. The molecule has 1 atom stereocenters. The van der Waals surface area contributed by atoms with Crippen molar-refractivity contribution in [2.24, 2.45) is 0 Å². The molecule has 0 aliphatic carbocycles. The molecule has 0 aliphatic rings. The molecular formula is C25H41Br. The van der Waals surface area contributed by atoms with Gasteiger partial charge >= 0.3 is 0 Å². The first kappa shape index (κ1) is 25.2. The van der Waals surface area contributed by atoms with Crippen molar-refractivity contribution < 1.29 is 0 Å². The molecule has 0 rings (SSSR count). The fourth-order valence-corrected chi connectivity index (χ4v) is 3.34. The minimum absolute atomic E-state index is 0.450. The molecule has 1 unspecified atom stereocenters. The second kappa shape index (κ2) is 15.3. The van der Waals surface area contributed by atoms with Gasteiger partial charge in [0.15, 0.2) is 0 Å². The average molecular weight is 422 g/mol. The molecule has 26 heavy (non-hydrogen) atoms. The third-order valence-electron chi connectivity index (χ3n) is 4.37. The Balaban J connectivity index is 4.19. The molecule has 0 amide bonds. The number of hydrogen-bond donors (Lipinski definition) is 0. The van der Waals surface area contributed by atoms with Crippen LogP contribution < -0.4 is 0 Å². The monoisotopic (exact) mass is 420 g/mol. The Morgan fingerprint density at radius 3 is 1.54 bits per heavy atom. The molecule has 0 aromatic heterocycles. The largest absolute Gasteiger partial charge is 0.0856 e. The topological polar surface area (TPSA) is 0 Å². The van der Waals surface area contributed by atoms with E-state index < -0.39 is 0 Å². The minimum Gasteiger partial charge on any atom is -0.0856 e. The van der Waals surface area contributed by atoms with Crippen LogP contribution in [0.25, 0.3) is 0 Å². The second-order valence-electron chi connectivity index (χ2n) is 8.04. The highest BCUT2D eigenvalue weighted by atomic mass is 79.9. The van der Waals surface area contributed by atoms with Crippen molar-refractivity contribution in [2.45, 2.75) is 98.2 Å². The molecular weight excluding hydrogens is 380 g/mol. The average Bonchev–Trinajstić information content (AvgIpc) is 2.52. The maximum atomic E-state index is 3.81. The molecule has 0 N–H and O–H groups in total. The van der Waals surface area contributed by atoms with E-state index in [4.69, 9.17) is 0 Å². The van der Waals surface area contributed by atoms with Crippen LogP contribution in [0.4, 0.5) is 0 Å². The van der Waals surface area contributed by atoms with Crippen molar-refractivity contribution in [2.75, 3.05) is 0 Å². The standard InChI is InChI=1S/C25H41Br/c1-20(2)11-8-13-22(5)14-10-15-23(6)17-18-25(26)19-24(7)16-9-12-21(3)4/h11-12,14,17,19,25H,8-10,13,15-16,18H2,1-7H3/b22-14?,23-17?,24-19+. The molecule has 0 aromatic rings. The SMILES string of the molecule is CC(C)=CCCC(C)=CCCC(C)=CCC(Br)/C=C(\C)CCC=C(C)C. The highest BCUT2D eigenvalue weighted by Crippen LogP contribution is 2.17. The summed E-state index contributed by atoms with van der Waals surface area (Å²) >= 11 is 3.81. The van der Waals surface area contributed by atoms with Crippen molar-refractivity contribution in [1.82, 2.24) is 0 Å². The Hall–Kier alpha value is -0.820. The van der Waals surface area contributed by atoms with Crippen LogP contribution in [-0.4, -0.2) is 4.83 Å². The summed E-state index contributed by atoms with van der Waals surface area (Å²) in [5.74, 6) is 0. The van der Waals surface area contributed by atoms with Crippen molar-refractivity contribution in [3.05, 3.63) is 58.2 Å².